The summed E-state index contributed by atoms with van der Waals surface area (Å²) in [6, 6.07) is 5.32. The normalized spacial score (nSPS) is 10.9. The first-order valence-electron chi connectivity index (χ1n) is 4.00. The van der Waals surface area contributed by atoms with Gasteiger partial charge in [0, 0.05) is 5.39 Å². The Kier molecular flexibility index (Phi) is 2.56. The van der Waals surface area contributed by atoms with Gasteiger partial charge in [-0.2, -0.15) is 0 Å². The van der Waals surface area contributed by atoms with Crippen molar-refractivity contribution in [2.75, 3.05) is 0 Å². The summed E-state index contributed by atoms with van der Waals surface area (Å²) in [4.78, 5) is 4.16. The van der Waals surface area contributed by atoms with E-state index in [4.69, 9.17) is 34.8 Å². The van der Waals surface area contributed by atoms with Crippen molar-refractivity contribution in [3.8, 4) is 0 Å². The number of pyridine rings is 1. The average molecular weight is 247 g/mol. The Labute approximate surface area is 96.6 Å². The van der Waals surface area contributed by atoms with Crippen LogP contribution >= 0.6 is 34.8 Å². The van der Waals surface area contributed by atoms with Crippen LogP contribution in [-0.4, -0.2) is 4.98 Å². The number of halogens is 3. The highest BCUT2D eigenvalue weighted by Crippen LogP contribution is 2.29. The molecule has 0 fully saturated rings. The summed E-state index contributed by atoms with van der Waals surface area (Å²) in [7, 11) is 0. The molecule has 0 aliphatic carbocycles. The molecule has 0 N–H and O–H groups in total. The van der Waals surface area contributed by atoms with Crippen LogP contribution in [0.25, 0.3) is 10.9 Å². The number of benzene rings is 1. The summed E-state index contributed by atoms with van der Waals surface area (Å²) in [6.07, 6.45) is 0. The van der Waals surface area contributed by atoms with Gasteiger partial charge in [-0.05, 0) is 30.7 Å². The molecule has 1 aromatic carbocycles. The van der Waals surface area contributed by atoms with Gasteiger partial charge in [0.15, 0.2) is 0 Å². The summed E-state index contributed by atoms with van der Waals surface area (Å²) in [5, 5.41) is 2.47. The molecule has 0 spiro atoms. The molecule has 0 saturated heterocycles. The van der Waals surface area contributed by atoms with Crippen molar-refractivity contribution < 1.29 is 0 Å². The minimum absolute atomic E-state index is 0.466. The molecular weight excluding hydrogens is 240 g/mol. The predicted octanol–water partition coefficient (Wildman–Crippen LogP) is 4.50. The maximum atomic E-state index is 5.91. The molecule has 72 valence electrons. The van der Waals surface area contributed by atoms with Crippen LogP contribution in [0.4, 0.5) is 0 Å². The molecule has 0 radical (unpaired) electrons. The molecular formula is C10H6Cl3N. The Bertz CT molecular complexity index is 508. The zero-order valence-corrected chi connectivity index (χ0v) is 9.58. The summed E-state index contributed by atoms with van der Waals surface area (Å²) < 4.78 is 0. The minimum atomic E-state index is 0.466. The van der Waals surface area contributed by atoms with Crippen molar-refractivity contribution in [2.45, 2.75) is 6.92 Å². The lowest BCUT2D eigenvalue weighted by molar-refractivity contribution is 1.37. The van der Waals surface area contributed by atoms with Gasteiger partial charge in [-0.1, -0.05) is 34.8 Å². The summed E-state index contributed by atoms with van der Waals surface area (Å²) >= 11 is 17.6. The van der Waals surface area contributed by atoms with Gasteiger partial charge in [0.2, 0.25) is 0 Å². The highest BCUT2D eigenvalue weighted by molar-refractivity contribution is 6.42. The molecule has 0 aliphatic rings. The Balaban J connectivity index is 2.89. The molecule has 1 nitrogen and oxygen atoms in total. The van der Waals surface area contributed by atoms with Crippen molar-refractivity contribution in [3.05, 3.63) is 39.0 Å². The van der Waals surface area contributed by atoms with Gasteiger partial charge in [0.05, 0.1) is 15.6 Å². The van der Waals surface area contributed by atoms with E-state index in [-0.39, 0.29) is 0 Å². The Morgan fingerprint density at radius 2 is 1.64 bits per heavy atom. The van der Waals surface area contributed by atoms with Crippen LogP contribution in [0.3, 0.4) is 0 Å². The van der Waals surface area contributed by atoms with Crippen molar-refractivity contribution in [1.82, 2.24) is 4.98 Å². The van der Waals surface area contributed by atoms with Crippen molar-refractivity contribution in [1.29, 1.82) is 0 Å². The van der Waals surface area contributed by atoms with E-state index in [1.807, 2.05) is 6.92 Å². The first-order valence-corrected chi connectivity index (χ1v) is 5.13. The van der Waals surface area contributed by atoms with E-state index in [0.717, 1.165) is 16.5 Å². The number of hydrogen-bond donors (Lipinski definition) is 0. The van der Waals surface area contributed by atoms with E-state index in [2.05, 4.69) is 4.98 Å². The first-order chi connectivity index (χ1) is 6.58. The second-order valence-corrected chi connectivity index (χ2v) is 4.25. The SMILES string of the molecule is Cc1cc(Cl)nc2cc(Cl)c(Cl)cc12. The number of aryl methyl sites for hydroxylation is 1. The van der Waals surface area contributed by atoms with Crippen LogP contribution < -0.4 is 0 Å². The molecule has 0 saturated carbocycles. The molecule has 4 heteroatoms. The number of aromatic nitrogens is 1. The van der Waals surface area contributed by atoms with E-state index in [0.29, 0.717) is 15.2 Å². The number of rotatable bonds is 0. The Hall–Kier alpha value is -0.500. The van der Waals surface area contributed by atoms with Gasteiger partial charge in [0.25, 0.3) is 0 Å². The molecule has 0 aliphatic heterocycles. The van der Waals surface area contributed by atoms with Crippen LogP contribution in [0.1, 0.15) is 5.56 Å². The minimum Gasteiger partial charge on any atom is -0.236 e. The Morgan fingerprint density at radius 1 is 1.00 bits per heavy atom. The van der Waals surface area contributed by atoms with Gasteiger partial charge in [-0.3, -0.25) is 0 Å². The van der Waals surface area contributed by atoms with Crippen molar-refractivity contribution in [2.24, 2.45) is 0 Å². The van der Waals surface area contributed by atoms with Crippen molar-refractivity contribution in [3.63, 3.8) is 0 Å². The smallest absolute Gasteiger partial charge is 0.130 e. The zero-order chi connectivity index (χ0) is 10.3. The second kappa shape index (κ2) is 3.58. The zero-order valence-electron chi connectivity index (χ0n) is 7.31. The first kappa shape index (κ1) is 10.0. The van der Waals surface area contributed by atoms with Gasteiger partial charge in [-0.25, -0.2) is 4.98 Å². The molecule has 0 atom stereocenters. The van der Waals surface area contributed by atoms with Crippen molar-refractivity contribution >= 4 is 45.7 Å². The molecule has 0 unspecified atom stereocenters. The maximum Gasteiger partial charge on any atom is 0.130 e. The van der Waals surface area contributed by atoms with E-state index < -0.39 is 0 Å². The third-order valence-electron chi connectivity index (χ3n) is 2.03. The lowest BCUT2D eigenvalue weighted by atomic mass is 10.1. The molecule has 1 aromatic heterocycles. The fourth-order valence-electron chi connectivity index (χ4n) is 1.35. The third kappa shape index (κ3) is 1.68. The number of fused-ring (bicyclic) bond motifs is 1. The lowest BCUT2D eigenvalue weighted by Gasteiger charge is -2.04. The van der Waals surface area contributed by atoms with E-state index >= 15 is 0 Å². The molecule has 0 bridgehead atoms. The Morgan fingerprint density at radius 3 is 2.36 bits per heavy atom. The molecule has 0 amide bonds. The molecule has 2 rings (SSSR count). The topological polar surface area (TPSA) is 12.9 Å². The molecule has 1 heterocycles. The van der Waals surface area contributed by atoms with Crippen LogP contribution in [-0.2, 0) is 0 Å². The molecule has 14 heavy (non-hydrogen) atoms. The maximum absolute atomic E-state index is 5.91. The van der Waals surface area contributed by atoms with Crippen LogP contribution in [0, 0.1) is 6.92 Å². The largest absolute Gasteiger partial charge is 0.236 e. The van der Waals surface area contributed by atoms with Crippen LogP contribution in [0.15, 0.2) is 18.2 Å². The van der Waals surface area contributed by atoms with Gasteiger partial charge < -0.3 is 0 Å². The van der Waals surface area contributed by atoms with Gasteiger partial charge in [-0.15, -0.1) is 0 Å². The summed E-state index contributed by atoms with van der Waals surface area (Å²) in [5.74, 6) is 0. The lowest BCUT2D eigenvalue weighted by Crippen LogP contribution is -1.84. The molecule has 2 aromatic rings. The standard InChI is InChI=1S/C10H6Cl3N/c1-5-2-10(13)14-9-4-8(12)7(11)3-6(5)9/h2-4H,1H3. The van der Waals surface area contributed by atoms with Crippen LogP contribution in [0.2, 0.25) is 15.2 Å². The van der Waals surface area contributed by atoms with E-state index in [1.165, 1.54) is 0 Å². The van der Waals surface area contributed by atoms with Crippen LogP contribution in [0.5, 0.6) is 0 Å². The predicted molar refractivity (Wildman–Crippen MR) is 61.5 cm³/mol. The fraction of sp³-hybridized carbons (Fsp3) is 0.100. The average Bonchev–Trinajstić information content (AvgIpc) is 2.08. The second-order valence-electron chi connectivity index (χ2n) is 3.05. The number of nitrogens with zero attached hydrogens (tertiary/aromatic N) is 1. The van der Waals surface area contributed by atoms with Gasteiger partial charge in [0.1, 0.15) is 5.15 Å². The van der Waals surface area contributed by atoms with E-state index in [9.17, 15) is 0 Å². The highest BCUT2D eigenvalue weighted by Gasteiger charge is 2.05. The monoisotopic (exact) mass is 245 g/mol. The summed E-state index contributed by atoms with van der Waals surface area (Å²) in [6.45, 7) is 1.96. The fourth-order valence-corrected chi connectivity index (χ4v) is 1.92. The highest BCUT2D eigenvalue weighted by atomic mass is 35.5. The van der Waals surface area contributed by atoms with Gasteiger partial charge >= 0.3 is 0 Å². The third-order valence-corrected chi connectivity index (χ3v) is 2.94. The quantitative estimate of drug-likeness (QED) is 0.624. The summed E-state index contributed by atoms with van der Waals surface area (Å²) in [5.41, 5.74) is 1.81. The number of hydrogen-bond acceptors (Lipinski definition) is 1. The van der Waals surface area contributed by atoms with E-state index in [1.54, 1.807) is 18.2 Å².